The Morgan fingerprint density at radius 3 is 2.43 bits per heavy atom. The molecule has 0 aliphatic carbocycles. The summed E-state index contributed by atoms with van der Waals surface area (Å²) in [5.74, 6) is -0.403. The molecule has 2 aromatic carbocycles. The molecule has 0 spiro atoms. The molecule has 1 heterocycles. The molecule has 3 aromatic rings. The summed E-state index contributed by atoms with van der Waals surface area (Å²) < 4.78 is 1.65. The Morgan fingerprint density at radius 2 is 1.77 bits per heavy atom. The van der Waals surface area contributed by atoms with Crippen molar-refractivity contribution in [3.8, 4) is 0 Å². The van der Waals surface area contributed by atoms with Gasteiger partial charge in [-0.3, -0.25) is 10.1 Å². The predicted octanol–water partition coefficient (Wildman–Crippen LogP) is 3.93. The van der Waals surface area contributed by atoms with E-state index in [1.807, 2.05) is 50.2 Å². The molecule has 3 rings (SSSR count). The number of hydrogen-bond acceptors (Lipinski definition) is 4. The monoisotopic (exact) mass is 419 g/mol. The number of hydrogen-bond donors (Lipinski definition) is 1. The largest absolute Gasteiger partial charge is 0.867 e. The zero-order valence-electron chi connectivity index (χ0n) is 16.9. The highest BCUT2D eigenvalue weighted by Gasteiger charge is 2.21. The molecule has 0 aliphatic heterocycles. The zero-order chi connectivity index (χ0) is 21.8. The SMILES string of the molecule is Cc1ccc[n+](C(C(=S)Nc2ccccc2C)=C([O-])c2ccc(C)c([N+](=O)[O-])c2)c1. The van der Waals surface area contributed by atoms with Crippen molar-refractivity contribution in [1.29, 1.82) is 0 Å². The topological polar surface area (TPSA) is 82.1 Å². The molecule has 6 nitrogen and oxygen atoms in total. The number of rotatable bonds is 5. The van der Waals surface area contributed by atoms with Crippen LogP contribution in [0.4, 0.5) is 11.4 Å². The van der Waals surface area contributed by atoms with Crippen LogP contribution >= 0.6 is 12.2 Å². The third-order valence-electron chi connectivity index (χ3n) is 4.70. The molecule has 30 heavy (non-hydrogen) atoms. The van der Waals surface area contributed by atoms with Crippen LogP contribution in [-0.4, -0.2) is 9.91 Å². The van der Waals surface area contributed by atoms with Gasteiger partial charge in [0.15, 0.2) is 17.4 Å². The molecule has 0 fully saturated rings. The van der Waals surface area contributed by atoms with E-state index in [-0.39, 0.29) is 21.9 Å². The maximum absolute atomic E-state index is 13.5. The molecule has 1 N–H and O–H groups in total. The molecular formula is C23H21N3O3S. The van der Waals surface area contributed by atoms with Crippen LogP contribution in [0, 0.1) is 30.9 Å². The maximum atomic E-state index is 13.5. The van der Waals surface area contributed by atoms with Crippen LogP contribution in [0.25, 0.3) is 11.5 Å². The van der Waals surface area contributed by atoms with Gasteiger partial charge in [0, 0.05) is 28.9 Å². The number of aromatic nitrogens is 1. The number of nitro groups is 1. The number of nitrogens with zero attached hydrogens (tertiary/aromatic N) is 2. The van der Waals surface area contributed by atoms with Gasteiger partial charge in [0.05, 0.1) is 4.92 Å². The number of aryl methyl sites for hydroxylation is 3. The minimum atomic E-state index is -0.491. The first-order chi connectivity index (χ1) is 14.3. The van der Waals surface area contributed by atoms with Gasteiger partial charge in [0.2, 0.25) is 5.70 Å². The van der Waals surface area contributed by atoms with Crippen molar-refractivity contribution in [3.63, 3.8) is 0 Å². The highest BCUT2D eigenvalue weighted by atomic mass is 32.1. The Hall–Kier alpha value is -3.58. The summed E-state index contributed by atoms with van der Waals surface area (Å²) in [7, 11) is 0. The lowest BCUT2D eigenvalue weighted by Gasteiger charge is -2.18. The predicted molar refractivity (Wildman–Crippen MR) is 120 cm³/mol. The second kappa shape index (κ2) is 8.84. The molecule has 1 aromatic heterocycles. The molecule has 0 atom stereocenters. The normalized spacial score (nSPS) is 11.6. The van der Waals surface area contributed by atoms with Crippen LogP contribution in [0.5, 0.6) is 0 Å². The molecule has 0 bridgehead atoms. The number of anilines is 1. The van der Waals surface area contributed by atoms with E-state index in [1.165, 1.54) is 6.07 Å². The highest BCUT2D eigenvalue weighted by molar-refractivity contribution is 7.81. The standard InChI is InChI=1S/C23H21N3O3S/c1-15-7-6-12-25(14-15)21(23(30)24-19-9-5-4-8-16(19)2)22(27)18-11-10-17(3)20(13-18)26(28)29/h4-14H,1-3H3,(H-,24,27,30). The van der Waals surface area contributed by atoms with E-state index in [0.717, 1.165) is 16.8 Å². The van der Waals surface area contributed by atoms with Crippen molar-refractivity contribution >= 4 is 40.0 Å². The van der Waals surface area contributed by atoms with Crippen molar-refractivity contribution < 1.29 is 14.6 Å². The van der Waals surface area contributed by atoms with E-state index in [1.54, 1.807) is 36.0 Å². The third kappa shape index (κ3) is 4.52. The minimum Gasteiger partial charge on any atom is -0.867 e. The lowest BCUT2D eigenvalue weighted by atomic mass is 10.1. The van der Waals surface area contributed by atoms with E-state index in [0.29, 0.717) is 5.56 Å². The molecule has 0 radical (unpaired) electrons. The van der Waals surface area contributed by atoms with Gasteiger partial charge in [0.1, 0.15) is 0 Å². The number of thiocarbonyl (C=S) groups is 1. The summed E-state index contributed by atoms with van der Waals surface area (Å²) >= 11 is 5.61. The summed E-state index contributed by atoms with van der Waals surface area (Å²) in [5, 5.41) is 27.9. The number of pyridine rings is 1. The summed E-state index contributed by atoms with van der Waals surface area (Å²) in [5.41, 5.74) is 3.51. The Morgan fingerprint density at radius 1 is 1.03 bits per heavy atom. The van der Waals surface area contributed by atoms with Crippen molar-refractivity contribution in [3.05, 3.63) is 99.4 Å². The third-order valence-corrected chi connectivity index (χ3v) is 4.99. The molecule has 152 valence electrons. The Balaban J connectivity index is 2.16. The first-order valence-corrected chi connectivity index (χ1v) is 9.70. The molecule has 7 heteroatoms. The van der Waals surface area contributed by atoms with E-state index in [2.05, 4.69) is 5.32 Å². The maximum Gasteiger partial charge on any atom is 0.272 e. The number of nitrogens with one attached hydrogen (secondary N) is 1. The lowest BCUT2D eigenvalue weighted by Crippen LogP contribution is -2.40. The van der Waals surface area contributed by atoms with Gasteiger partial charge in [-0.15, -0.1) is 0 Å². The Labute approximate surface area is 180 Å². The van der Waals surface area contributed by atoms with Gasteiger partial charge in [-0.1, -0.05) is 42.5 Å². The zero-order valence-corrected chi connectivity index (χ0v) is 17.7. The fourth-order valence-corrected chi connectivity index (χ4v) is 3.36. The molecular weight excluding hydrogens is 398 g/mol. The second-order valence-electron chi connectivity index (χ2n) is 6.99. The van der Waals surface area contributed by atoms with Crippen LogP contribution in [0.15, 0.2) is 67.0 Å². The average molecular weight is 420 g/mol. The average Bonchev–Trinajstić information content (AvgIpc) is 2.70. The van der Waals surface area contributed by atoms with Gasteiger partial charge in [-0.2, -0.15) is 4.57 Å². The van der Waals surface area contributed by atoms with Crippen molar-refractivity contribution in [2.45, 2.75) is 20.8 Å². The summed E-state index contributed by atoms with van der Waals surface area (Å²) in [4.78, 5) is 11.1. The fourth-order valence-electron chi connectivity index (χ4n) is 3.05. The number of para-hydroxylation sites is 1. The first kappa shape index (κ1) is 21.1. The quantitative estimate of drug-likeness (QED) is 0.169. The lowest BCUT2D eigenvalue weighted by molar-refractivity contribution is -0.578. The van der Waals surface area contributed by atoms with Gasteiger partial charge in [0.25, 0.3) is 5.69 Å². The Bertz CT molecular complexity index is 1170. The summed E-state index contributed by atoms with van der Waals surface area (Å²) in [6.45, 7) is 5.49. The minimum absolute atomic E-state index is 0.104. The Kier molecular flexibility index (Phi) is 6.23. The van der Waals surface area contributed by atoms with Crippen molar-refractivity contribution in [2.24, 2.45) is 0 Å². The van der Waals surface area contributed by atoms with E-state index < -0.39 is 10.7 Å². The highest BCUT2D eigenvalue weighted by Crippen LogP contribution is 2.24. The van der Waals surface area contributed by atoms with Gasteiger partial charge < -0.3 is 10.4 Å². The van der Waals surface area contributed by atoms with Crippen LogP contribution in [-0.2, 0) is 0 Å². The molecule has 0 aliphatic rings. The smallest absolute Gasteiger partial charge is 0.272 e. The van der Waals surface area contributed by atoms with Crippen molar-refractivity contribution in [2.75, 3.05) is 5.32 Å². The van der Waals surface area contributed by atoms with E-state index >= 15 is 0 Å². The van der Waals surface area contributed by atoms with E-state index in [9.17, 15) is 15.2 Å². The van der Waals surface area contributed by atoms with Crippen LogP contribution in [0.1, 0.15) is 22.3 Å². The first-order valence-electron chi connectivity index (χ1n) is 9.30. The van der Waals surface area contributed by atoms with Gasteiger partial charge in [-0.05, 0) is 49.8 Å². The van der Waals surface area contributed by atoms with Crippen LogP contribution in [0.2, 0.25) is 0 Å². The van der Waals surface area contributed by atoms with E-state index in [4.69, 9.17) is 12.2 Å². The molecule has 0 saturated carbocycles. The summed E-state index contributed by atoms with van der Waals surface area (Å²) in [6.07, 6.45) is 3.52. The second-order valence-corrected chi connectivity index (χ2v) is 7.40. The fraction of sp³-hybridized carbons (Fsp3) is 0.130. The molecule has 0 amide bonds. The number of benzene rings is 2. The van der Waals surface area contributed by atoms with Gasteiger partial charge >= 0.3 is 0 Å². The van der Waals surface area contributed by atoms with Crippen LogP contribution in [0.3, 0.4) is 0 Å². The van der Waals surface area contributed by atoms with Crippen molar-refractivity contribution in [1.82, 2.24) is 0 Å². The molecule has 0 unspecified atom stereocenters. The van der Waals surface area contributed by atoms with Gasteiger partial charge in [-0.25, -0.2) is 0 Å². The number of nitro benzene ring substituents is 1. The summed E-state index contributed by atoms with van der Waals surface area (Å²) in [6, 6.07) is 15.8. The van der Waals surface area contributed by atoms with Crippen LogP contribution < -0.4 is 15.0 Å². The molecule has 0 saturated heterocycles.